The minimum atomic E-state index is 0.547. The van der Waals surface area contributed by atoms with Crippen LogP contribution in [-0.4, -0.2) is 35.9 Å². The number of benzene rings is 1. The Kier molecular flexibility index (Phi) is 3.79. The van der Waals surface area contributed by atoms with Gasteiger partial charge in [0.25, 0.3) is 0 Å². The molecular formula is C14H20N2S. The summed E-state index contributed by atoms with van der Waals surface area (Å²) in [6.45, 7) is 3.29. The van der Waals surface area contributed by atoms with E-state index in [1.54, 1.807) is 11.8 Å². The van der Waals surface area contributed by atoms with Crippen LogP contribution in [0, 0.1) is 0 Å². The number of hydrogen-bond donors (Lipinski definition) is 0. The van der Waals surface area contributed by atoms with Crippen LogP contribution in [0.25, 0.3) is 10.9 Å². The molecule has 0 aliphatic carbocycles. The maximum absolute atomic E-state index is 2.34. The van der Waals surface area contributed by atoms with E-state index >= 15 is 0 Å². The van der Waals surface area contributed by atoms with E-state index in [9.17, 15) is 0 Å². The molecule has 92 valence electrons. The largest absolute Gasteiger partial charge is 0.346 e. The Bertz CT molecular complexity index is 502. The summed E-state index contributed by atoms with van der Waals surface area (Å²) in [5, 5.41) is 1.34. The van der Waals surface area contributed by atoms with Crippen LogP contribution in [0.2, 0.25) is 0 Å². The van der Waals surface area contributed by atoms with Crippen LogP contribution in [-0.2, 0) is 6.54 Å². The van der Waals surface area contributed by atoms with Gasteiger partial charge in [-0.1, -0.05) is 0 Å². The number of thioether (sulfide) groups is 1. The third kappa shape index (κ3) is 2.67. The SMILES string of the molecule is CSc1ccc2c(ccn2C[C@@H](C)N(C)C)c1. The van der Waals surface area contributed by atoms with Gasteiger partial charge in [-0.15, -0.1) is 11.8 Å². The molecule has 1 heterocycles. The summed E-state index contributed by atoms with van der Waals surface area (Å²) >= 11 is 1.79. The highest BCUT2D eigenvalue weighted by Gasteiger charge is 2.08. The Morgan fingerprint density at radius 3 is 2.71 bits per heavy atom. The highest BCUT2D eigenvalue weighted by Crippen LogP contribution is 2.23. The predicted molar refractivity (Wildman–Crippen MR) is 76.9 cm³/mol. The smallest absolute Gasteiger partial charge is 0.0481 e. The molecule has 0 N–H and O–H groups in total. The van der Waals surface area contributed by atoms with E-state index in [-0.39, 0.29) is 0 Å². The average molecular weight is 248 g/mol. The predicted octanol–water partition coefficient (Wildman–Crippen LogP) is 3.31. The zero-order chi connectivity index (χ0) is 12.4. The van der Waals surface area contributed by atoms with Crippen molar-refractivity contribution in [2.24, 2.45) is 0 Å². The van der Waals surface area contributed by atoms with E-state index in [2.05, 4.69) is 67.2 Å². The molecule has 0 unspecified atom stereocenters. The van der Waals surface area contributed by atoms with Gasteiger partial charge in [-0.2, -0.15) is 0 Å². The molecule has 0 amide bonds. The second-order valence-corrected chi connectivity index (χ2v) is 5.59. The van der Waals surface area contributed by atoms with Crippen molar-refractivity contribution in [3.8, 4) is 0 Å². The van der Waals surface area contributed by atoms with Gasteiger partial charge in [0.15, 0.2) is 0 Å². The molecule has 0 bridgehead atoms. The number of rotatable bonds is 4. The highest BCUT2D eigenvalue weighted by molar-refractivity contribution is 7.98. The maximum atomic E-state index is 2.34. The van der Waals surface area contributed by atoms with Crippen LogP contribution in [0.15, 0.2) is 35.4 Å². The summed E-state index contributed by atoms with van der Waals surface area (Å²) in [6.07, 6.45) is 4.31. The Morgan fingerprint density at radius 2 is 2.06 bits per heavy atom. The van der Waals surface area contributed by atoms with E-state index in [1.807, 2.05) is 0 Å². The maximum Gasteiger partial charge on any atom is 0.0481 e. The molecule has 0 aliphatic heterocycles. The van der Waals surface area contributed by atoms with Crippen molar-refractivity contribution in [3.05, 3.63) is 30.5 Å². The van der Waals surface area contributed by atoms with E-state index in [0.717, 1.165) is 6.54 Å². The fourth-order valence-electron chi connectivity index (χ4n) is 1.91. The monoisotopic (exact) mass is 248 g/mol. The molecule has 1 atom stereocenters. The summed E-state index contributed by atoms with van der Waals surface area (Å²) in [5.74, 6) is 0. The molecule has 1 aromatic carbocycles. The number of aromatic nitrogens is 1. The van der Waals surface area contributed by atoms with Crippen LogP contribution in [0.3, 0.4) is 0 Å². The van der Waals surface area contributed by atoms with Crippen LogP contribution in [0.5, 0.6) is 0 Å². The first kappa shape index (κ1) is 12.5. The van der Waals surface area contributed by atoms with Crippen molar-refractivity contribution < 1.29 is 0 Å². The Hall–Kier alpha value is -0.930. The number of likely N-dealkylation sites (N-methyl/N-ethyl adjacent to an activating group) is 1. The third-order valence-electron chi connectivity index (χ3n) is 3.32. The Balaban J connectivity index is 2.30. The highest BCUT2D eigenvalue weighted by atomic mass is 32.2. The van der Waals surface area contributed by atoms with Gasteiger partial charge in [0, 0.05) is 34.6 Å². The molecule has 0 fully saturated rings. The van der Waals surface area contributed by atoms with Gasteiger partial charge < -0.3 is 9.47 Å². The Labute approximate surface area is 108 Å². The number of nitrogens with zero attached hydrogens (tertiary/aromatic N) is 2. The lowest BCUT2D eigenvalue weighted by Gasteiger charge is -2.20. The van der Waals surface area contributed by atoms with Crippen LogP contribution >= 0.6 is 11.8 Å². The van der Waals surface area contributed by atoms with E-state index in [1.165, 1.54) is 15.8 Å². The zero-order valence-corrected chi connectivity index (χ0v) is 11.8. The summed E-state index contributed by atoms with van der Waals surface area (Å²) in [4.78, 5) is 3.58. The van der Waals surface area contributed by atoms with Crippen LogP contribution in [0.4, 0.5) is 0 Å². The molecule has 0 radical (unpaired) electrons. The second-order valence-electron chi connectivity index (χ2n) is 4.71. The molecule has 17 heavy (non-hydrogen) atoms. The molecule has 2 nitrogen and oxygen atoms in total. The van der Waals surface area contributed by atoms with Crippen LogP contribution < -0.4 is 0 Å². The summed E-state index contributed by atoms with van der Waals surface area (Å²) in [7, 11) is 4.25. The van der Waals surface area contributed by atoms with Crippen molar-refractivity contribution in [1.29, 1.82) is 0 Å². The lowest BCUT2D eigenvalue weighted by atomic mass is 10.2. The zero-order valence-electron chi connectivity index (χ0n) is 11.0. The van der Waals surface area contributed by atoms with Gasteiger partial charge in [-0.3, -0.25) is 0 Å². The minimum absolute atomic E-state index is 0.547. The molecular weight excluding hydrogens is 228 g/mol. The van der Waals surface area contributed by atoms with Crippen molar-refractivity contribution >= 4 is 22.7 Å². The Morgan fingerprint density at radius 1 is 1.29 bits per heavy atom. The van der Waals surface area contributed by atoms with Crippen molar-refractivity contribution in [1.82, 2.24) is 9.47 Å². The van der Waals surface area contributed by atoms with Crippen molar-refractivity contribution in [2.75, 3.05) is 20.4 Å². The van der Waals surface area contributed by atoms with Crippen molar-refractivity contribution in [3.63, 3.8) is 0 Å². The third-order valence-corrected chi connectivity index (χ3v) is 4.05. The van der Waals surface area contributed by atoms with Gasteiger partial charge in [-0.05, 0) is 51.5 Å². The molecule has 2 rings (SSSR count). The quantitative estimate of drug-likeness (QED) is 0.767. The fourth-order valence-corrected chi connectivity index (χ4v) is 2.36. The fraction of sp³-hybridized carbons (Fsp3) is 0.429. The van der Waals surface area contributed by atoms with Crippen molar-refractivity contribution in [2.45, 2.75) is 24.4 Å². The normalized spacial score (nSPS) is 13.5. The molecule has 3 heteroatoms. The lowest BCUT2D eigenvalue weighted by Crippen LogP contribution is -2.28. The summed E-state index contributed by atoms with van der Waals surface area (Å²) < 4.78 is 2.34. The molecule has 0 saturated heterocycles. The number of fused-ring (bicyclic) bond motifs is 1. The van der Waals surface area contributed by atoms with Gasteiger partial charge in [-0.25, -0.2) is 0 Å². The van der Waals surface area contributed by atoms with Gasteiger partial charge in [0.2, 0.25) is 0 Å². The second kappa shape index (κ2) is 5.15. The molecule has 0 aliphatic rings. The standard InChI is InChI=1S/C14H20N2S/c1-11(15(2)3)10-16-8-7-12-9-13(17-4)5-6-14(12)16/h5-9,11H,10H2,1-4H3/t11-/m1/s1. The molecule has 0 spiro atoms. The topological polar surface area (TPSA) is 8.17 Å². The molecule has 0 saturated carbocycles. The lowest BCUT2D eigenvalue weighted by molar-refractivity contribution is 0.286. The van der Waals surface area contributed by atoms with E-state index in [4.69, 9.17) is 0 Å². The number of hydrogen-bond acceptors (Lipinski definition) is 2. The van der Waals surface area contributed by atoms with Crippen LogP contribution in [0.1, 0.15) is 6.92 Å². The average Bonchev–Trinajstić information content (AvgIpc) is 2.71. The minimum Gasteiger partial charge on any atom is -0.346 e. The molecule has 1 aromatic heterocycles. The first-order valence-electron chi connectivity index (χ1n) is 5.91. The van der Waals surface area contributed by atoms with E-state index in [0.29, 0.717) is 6.04 Å². The molecule has 2 aromatic rings. The van der Waals surface area contributed by atoms with Gasteiger partial charge >= 0.3 is 0 Å². The first-order chi connectivity index (χ1) is 8.11. The first-order valence-corrected chi connectivity index (χ1v) is 7.13. The summed E-state index contributed by atoms with van der Waals surface area (Å²) in [6, 6.07) is 9.44. The van der Waals surface area contributed by atoms with E-state index < -0.39 is 0 Å². The summed E-state index contributed by atoms with van der Waals surface area (Å²) in [5.41, 5.74) is 1.33. The van der Waals surface area contributed by atoms with Gasteiger partial charge in [0.1, 0.15) is 0 Å². The van der Waals surface area contributed by atoms with Gasteiger partial charge in [0.05, 0.1) is 0 Å².